The number of hydrogen-bond donors (Lipinski definition) is 1. The lowest BCUT2D eigenvalue weighted by atomic mass is 9.98. The standard InChI is InChI=1S/C12H27N3/c1-11(14(2)3)8-13-9-12-6-5-7-15(4)10-12/h11-13H,5-10H2,1-4H3. The van der Waals surface area contributed by atoms with E-state index in [0.717, 1.165) is 12.5 Å². The quantitative estimate of drug-likeness (QED) is 0.731. The fraction of sp³-hybridized carbons (Fsp3) is 1.00. The van der Waals surface area contributed by atoms with Gasteiger partial charge in [0.25, 0.3) is 0 Å². The first-order chi connectivity index (χ1) is 7.09. The van der Waals surface area contributed by atoms with Gasteiger partial charge < -0.3 is 15.1 Å². The molecule has 0 spiro atoms. The second-order valence-corrected chi connectivity index (χ2v) is 5.24. The minimum absolute atomic E-state index is 0.631. The summed E-state index contributed by atoms with van der Waals surface area (Å²) in [5.41, 5.74) is 0. The number of hydrogen-bond acceptors (Lipinski definition) is 3. The normalized spacial score (nSPS) is 25.8. The van der Waals surface area contributed by atoms with Gasteiger partial charge in [0.15, 0.2) is 0 Å². The van der Waals surface area contributed by atoms with Gasteiger partial charge in [0.2, 0.25) is 0 Å². The lowest BCUT2D eigenvalue weighted by Gasteiger charge is -2.30. The Morgan fingerprint density at radius 1 is 1.47 bits per heavy atom. The monoisotopic (exact) mass is 213 g/mol. The summed E-state index contributed by atoms with van der Waals surface area (Å²) < 4.78 is 0. The van der Waals surface area contributed by atoms with Gasteiger partial charge in [0.1, 0.15) is 0 Å². The summed E-state index contributed by atoms with van der Waals surface area (Å²) >= 11 is 0. The van der Waals surface area contributed by atoms with E-state index < -0.39 is 0 Å². The molecule has 1 aliphatic heterocycles. The molecule has 15 heavy (non-hydrogen) atoms. The van der Waals surface area contributed by atoms with E-state index in [9.17, 15) is 0 Å². The van der Waals surface area contributed by atoms with Crippen molar-refractivity contribution in [2.75, 3.05) is 47.3 Å². The Bertz CT molecular complexity index is 170. The van der Waals surface area contributed by atoms with Crippen LogP contribution in [0.2, 0.25) is 0 Å². The van der Waals surface area contributed by atoms with E-state index >= 15 is 0 Å². The number of rotatable bonds is 5. The summed E-state index contributed by atoms with van der Waals surface area (Å²) in [7, 11) is 6.51. The molecule has 1 rings (SSSR count). The Morgan fingerprint density at radius 2 is 2.20 bits per heavy atom. The maximum atomic E-state index is 3.59. The Kier molecular flexibility index (Phi) is 5.58. The van der Waals surface area contributed by atoms with Crippen LogP contribution in [0.1, 0.15) is 19.8 Å². The zero-order chi connectivity index (χ0) is 11.3. The summed E-state index contributed by atoms with van der Waals surface area (Å²) in [6.07, 6.45) is 2.76. The highest BCUT2D eigenvalue weighted by Gasteiger charge is 2.16. The number of likely N-dealkylation sites (N-methyl/N-ethyl adjacent to an activating group) is 1. The van der Waals surface area contributed by atoms with E-state index in [4.69, 9.17) is 0 Å². The van der Waals surface area contributed by atoms with Gasteiger partial charge in [-0.2, -0.15) is 0 Å². The van der Waals surface area contributed by atoms with Crippen LogP contribution in [0.5, 0.6) is 0 Å². The SMILES string of the molecule is CC(CNCC1CCCN(C)C1)N(C)C. The van der Waals surface area contributed by atoms with Crippen LogP contribution in [-0.2, 0) is 0 Å². The maximum absolute atomic E-state index is 3.59. The van der Waals surface area contributed by atoms with E-state index in [2.05, 4.69) is 43.2 Å². The topological polar surface area (TPSA) is 18.5 Å². The van der Waals surface area contributed by atoms with Crippen LogP contribution in [-0.4, -0.2) is 63.2 Å². The molecule has 1 heterocycles. The molecule has 0 aliphatic carbocycles. The summed E-state index contributed by atoms with van der Waals surface area (Å²) in [6, 6.07) is 0.631. The van der Waals surface area contributed by atoms with Crippen molar-refractivity contribution < 1.29 is 0 Å². The number of nitrogens with one attached hydrogen (secondary N) is 1. The fourth-order valence-electron chi connectivity index (χ4n) is 2.12. The van der Waals surface area contributed by atoms with E-state index in [1.165, 1.54) is 32.5 Å². The molecule has 0 aromatic carbocycles. The Balaban J connectivity index is 2.09. The highest BCUT2D eigenvalue weighted by molar-refractivity contribution is 4.73. The molecule has 3 heteroatoms. The Morgan fingerprint density at radius 3 is 2.80 bits per heavy atom. The highest BCUT2D eigenvalue weighted by atomic mass is 15.1. The molecular formula is C12H27N3. The van der Waals surface area contributed by atoms with Gasteiger partial charge in [0, 0.05) is 19.1 Å². The third-order valence-electron chi connectivity index (χ3n) is 3.48. The maximum Gasteiger partial charge on any atom is 0.0186 e. The van der Waals surface area contributed by atoms with Crippen molar-refractivity contribution in [2.45, 2.75) is 25.8 Å². The lowest BCUT2D eigenvalue weighted by Crippen LogP contribution is -2.41. The van der Waals surface area contributed by atoms with Crippen molar-refractivity contribution in [3.05, 3.63) is 0 Å². The number of nitrogens with zero attached hydrogens (tertiary/aromatic N) is 2. The van der Waals surface area contributed by atoms with Crippen LogP contribution in [0.3, 0.4) is 0 Å². The van der Waals surface area contributed by atoms with Crippen molar-refractivity contribution in [3.8, 4) is 0 Å². The first-order valence-corrected chi connectivity index (χ1v) is 6.15. The molecule has 0 amide bonds. The molecule has 0 aromatic heterocycles. The molecule has 1 fully saturated rings. The van der Waals surface area contributed by atoms with Crippen LogP contribution >= 0.6 is 0 Å². The van der Waals surface area contributed by atoms with Crippen LogP contribution in [0.4, 0.5) is 0 Å². The molecule has 1 saturated heterocycles. The van der Waals surface area contributed by atoms with Crippen molar-refractivity contribution in [3.63, 3.8) is 0 Å². The van der Waals surface area contributed by atoms with E-state index in [-0.39, 0.29) is 0 Å². The molecule has 3 nitrogen and oxygen atoms in total. The van der Waals surface area contributed by atoms with Crippen molar-refractivity contribution in [1.82, 2.24) is 15.1 Å². The van der Waals surface area contributed by atoms with Gasteiger partial charge in [-0.25, -0.2) is 0 Å². The molecular weight excluding hydrogens is 186 g/mol. The second-order valence-electron chi connectivity index (χ2n) is 5.24. The molecule has 0 radical (unpaired) electrons. The van der Waals surface area contributed by atoms with Crippen molar-refractivity contribution in [1.29, 1.82) is 0 Å². The third kappa shape index (κ3) is 4.96. The molecule has 0 saturated carbocycles. The summed E-state index contributed by atoms with van der Waals surface area (Å²) in [5, 5.41) is 3.59. The van der Waals surface area contributed by atoms with Crippen LogP contribution in [0.15, 0.2) is 0 Å². The van der Waals surface area contributed by atoms with Crippen molar-refractivity contribution >= 4 is 0 Å². The largest absolute Gasteiger partial charge is 0.315 e. The average Bonchev–Trinajstić information content (AvgIpc) is 2.17. The highest BCUT2D eigenvalue weighted by Crippen LogP contribution is 2.13. The van der Waals surface area contributed by atoms with Crippen molar-refractivity contribution in [2.24, 2.45) is 5.92 Å². The summed E-state index contributed by atoms with van der Waals surface area (Å²) in [5.74, 6) is 0.859. The number of likely N-dealkylation sites (tertiary alicyclic amines) is 1. The average molecular weight is 213 g/mol. The first kappa shape index (κ1) is 12.9. The zero-order valence-corrected chi connectivity index (χ0v) is 10.8. The van der Waals surface area contributed by atoms with Gasteiger partial charge in [-0.1, -0.05) is 0 Å². The minimum Gasteiger partial charge on any atom is -0.315 e. The Hall–Kier alpha value is -0.120. The number of piperidine rings is 1. The molecule has 0 bridgehead atoms. The molecule has 2 atom stereocenters. The van der Waals surface area contributed by atoms with Crippen LogP contribution in [0.25, 0.3) is 0 Å². The summed E-state index contributed by atoms with van der Waals surface area (Å²) in [4.78, 5) is 4.71. The third-order valence-corrected chi connectivity index (χ3v) is 3.48. The van der Waals surface area contributed by atoms with Crippen LogP contribution < -0.4 is 5.32 Å². The van der Waals surface area contributed by atoms with Crippen LogP contribution in [0, 0.1) is 5.92 Å². The predicted molar refractivity (Wildman–Crippen MR) is 66.2 cm³/mol. The first-order valence-electron chi connectivity index (χ1n) is 6.15. The molecule has 1 aliphatic rings. The van der Waals surface area contributed by atoms with E-state index in [1.54, 1.807) is 0 Å². The summed E-state index contributed by atoms with van der Waals surface area (Å²) in [6.45, 7) is 7.10. The van der Waals surface area contributed by atoms with Gasteiger partial charge in [-0.3, -0.25) is 0 Å². The van der Waals surface area contributed by atoms with Gasteiger partial charge >= 0.3 is 0 Å². The molecule has 0 aromatic rings. The van der Waals surface area contributed by atoms with Gasteiger partial charge in [0.05, 0.1) is 0 Å². The minimum atomic E-state index is 0.631. The second kappa shape index (κ2) is 6.46. The van der Waals surface area contributed by atoms with E-state index in [1.807, 2.05) is 0 Å². The van der Waals surface area contributed by atoms with Gasteiger partial charge in [-0.05, 0) is 59.9 Å². The molecule has 90 valence electrons. The van der Waals surface area contributed by atoms with Gasteiger partial charge in [-0.15, -0.1) is 0 Å². The molecule has 2 unspecified atom stereocenters. The fourth-order valence-corrected chi connectivity index (χ4v) is 2.12. The zero-order valence-electron chi connectivity index (χ0n) is 10.8. The van der Waals surface area contributed by atoms with E-state index in [0.29, 0.717) is 6.04 Å². The Labute approximate surface area is 94.8 Å². The predicted octanol–water partition coefficient (Wildman–Crippen LogP) is 0.868. The lowest BCUT2D eigenvalue weighted by molar-refractivity contribution is 0.202. The molecule has 1 N–H and O–H groups in total. The smallest absolute Gasteiger partial charge is 0.0186 e.